The Hall–Kier alpha value is 0.123. The van der Waals surface area contributed by atoms with Crippen LogP contribution in [-0.4, -0.2) is 25.6 Å². The van der Waals surface area contributed by atoms with Crippen molar-refractivity contribution in [2.24, 2.45) is 0 Å². The Morgan fingerprint density at radius 1 is 0.769 bits per heavy atom. The Bertz CT molecular complexity index is 127. The standard InChI is InChI=1S/2C2H2F3O.Zn/c2*3-2(4,5)1-6;/h2*1H2;/q2*-1;+2. The SMILES string of the molecule is FC(F)(F)C[O][Zn][O]CC(F)(F)F. The third-order valence-electron chi connectivity index (χ3n) is 0.698. The summed E-state index contributed by atoms with van der Waals surface area (Å²) in [5.41, 5.74) is 0. The first-order valence-corrected chi connectivity index (χ1v) is 5.42. The summed E-state index contributed by atoms with van der Waals surface area (Å²) in [5, 5.41) is 0. The molecule has 0 aliphatic rings. The molecule has 0 radical (unpaired) electrons. The summed E-state index contributed by atoms with van der Waals surface area (Å²) in [6.45, 7) is -3.07. The predicted octanol–water partition coefficient (Wildman–Crippen LogP) is 2.06. The second kappa shape index (κ2) is 5.12. The Morgan fingerprint density at radius 2 is 1.08 bits per heavy atom. The van der Waals surface area contributed by atoms with Gasteiger partial charge in [-0.15, -0.1) is 0 Å². The molecule has 0 saturated heterocycles. The van der Waals surface area contributed by atoms with Crippen molar-refractivity contribution in [3.05, 3.63) is 0 Å². The Labute approximate surface area is 77.6 Å². The molecule has 0 spiro atoms. The molecule has 0 bridgehead atoms. The van der Waals surface area contributed by atoms with Crippen LogP contribution in [-0.2, 0) is 25.0 Å². The van der Waals surface area contributed by atoms with Gasteiger partial charge in [0.1, 0.15) is 0 Å². The van der Waals surface area contributed by atoms with E-state index in [0.29, 0.717) is 0 Å². The summed E-state index contributed by atoms with van der Waals surface area (Å²) in [6.07, 6.45) is -9.01. The van der Waals surface area contributed by atoms with Crippen molar-refractivity contribution in [3.8, 4) is 0 Å². The van der Waals surface area contributed by atoms with Crippen LogP contribution in [0.3, 0.4) is 0 Å². The fourth-order valence-corrected chi connectivity index (χ4v) is 1.94. The first kappa shape index (κ1) is 13.1. The van der Waals surface area contributed by atoms with Crippen molar-refractivity contribution in [3.63, 3.8) is 0 Å². The topological polar surface area (TPSA) is 18.5 Å². The van der Waals surface area contributed by atoms with Crippen LogP contribution in [0, 0.1) is 0 Å². The summed E-state index contributed by atoms with van der Waals surface area (Å²) in [6, 6.07) is 0. The van der Waals surface area contributed by atoms with Gasteiger partial charge in [0.25, 0.3) is 0 Å². The van der Waals surface area contributed by atoms with E-state index in [1.54, 1.807) is 0 Å². The zero-order valence-corrected chi connectivity index (χ0v) is 9.17. The van der Waals surface area contributed by atoms with Gasteiger partial charge < -0.3 is 0 Å². The van der Waals surface area contributed by atoms with Crippen molar-refractivity contribution in [2.75, 3.05) is 13.2 Å². The number of alkyl halides is 6. The molecule has 0 N–H and O–H groups in total. The molecule has 0 amide bonds. The molecular weight excluding hydrogens is 259 g/mol. The van der Waals surface area contributed by atoms with Gasteiger partial charge in [0.15, 0.2) is 0 Å². The van der Waals surface area contributed by atoms with Crippen molar-refractivity contribution >= 4 is 0 Å². The van der Waals surface area contributed by atoms with Gasteiger partial charge in [-0.1, -0.05) is 0 Å². The van der Waals surface area contributed by atoms with Crippen molar-refractivity contribution in [2.45, 2.75) is 12.4 Å². The van der Waals surface area contributed by atoms with E-state index < -0.39 is 43.4 Å². The van der Waals surface area contributed by atoms with Crippen molar-refractivity contribution < 1.29 is 51.3 Å². The zero-order chi connectivity index (χ0) is 10.5. The molecule has 0 aromatic heterocycles. The monoisotopic (exact) mass is 262 g/mol. The van der Waals surface area contributed by atoms with Gasteiger partial charge in [-0.3, -0.25) is 0 Å². The maximum absolute atomic E-state index is 11.3. The molecular formula is C4H4F6O2Zn. The Kier molecular flexibility index (Phi) is 5.16. The third kappa shape index (κ3) is 12.1. The average Bonchev–Trinajstić information content (AvgIpc) is 1.81. The van der Waals surface area contributed by atoms with Crippen LogP contribution in [0.2, 0.25) is 0 Å². The van der Waals surface area contributed by atoms with Crippen LogP contribution >= 0.6 is 0 Å². The van der Waals surface area contributed by atoms with Crippen LogP contribution in [0.1, 0.15) is 0 Å². The molecule has 0 fully saturated rings. The molecule has 0 aliphatic carbocycles. The van der Waals surface area contributed by atoms with Crippen LogP contribution in [0.4, 0.5) is 26.3 Å². The quantitative estimate of drug-likeness (QED) is 0.439. The summed E-state index contributed by atoms with van der Waals surface area (Å²) in [5.74, 6) is 0. The van der Waals surface area contributed by atoms with E-state index in [1.165, 1.54) is 0 Å². The van der Waals surface area contributed by atoms with Gasteiger partial charge in [-0.05, 0) is 0 Å². The van der Waals surface area contributed by atoms with Crippen molar-refractivity contribution in [1.29, 1.82) is 0 Å². The maximum atomic E-state index is 11.3. The third-order valence-corrected chi connectivity index (χ3v) is 2.25. The number of hydrogen-bond donors (Lipinski definition) is 0. The van der Waals surface area contributed by atoms with Gasteiger partial charge in [-0.2, -0.15) is 0 Å². The van der Waals surface area contributed by atoms with Gasteiger partial charge in [0, 0.05) is 0 Å². The normalized spacial score (nSPS) is 12.8. The molecule has 9 heteroatoms. The van der Waals surface area contributed by atoms with Crippen LogP contribution in [0.25, 0.3) is 0 Å². The second-order valence-electron chi connectivity index (χ2n) is 2.05. The number of halogens is 6. The predicted molar refractivity (Wildman–Crippen MR) is 24.0 cm³/mol. The molecule has 13 heavy (non-hydrogen) atoms. The first-order valence-electron chi connectivity index (χ1n) is 3.00. The fourth-order valence-electron chi connectivity index (χ4n) is 0.374. The summed E-state index contributed by atoms with van der Waals surface area (Å²) in [7, 11) is 0. The molecule has 0 rings (SSSR count). The average molecular weight is 263 g/mol. The molecule has 0 aliphatic heterocycles. The van der Waals surface area contributed by atoms with Crippen molar-refractivity contribution in [1.82, 2.24) is 0 Å². The molecule has 0 aromatic rings. The second-order valence-corrected chi connectivity index (χ2v) is 4.25. The van der Waals surface area contributed by atoms with E-state index in [4.69, 9.17) is 0 Å². The van der Waals surface area contributed by atoms with E-state index >= 15 is 0 Å². The molecule has 0 heterocycles. The van der Waals surface area contributed by atoms with Gasteiger partial charge >= 0.3 is 76.9 Å². The van der Waals surface area contributed by atoms with E-state index in [0.717, 1.165) is 0 Å². The van der Waals surface area contributed by atoms with E-state index in [9.17, 15) is 26.3 Å². The van der Waals surface area contributed by atoms with E-state index in [2.05, 4.69) is 7.13 Å². The Balaban J connectivity index is 3.28. The van der Waals surface area contributed by atoms with Gasteiger partial charge in [0.2, 0.25) is 0 Å². The Morgan fingerprint density at radius 3 is 1.31 bits per heavy atom. The molecule has 0 aromatic carbocycles. The summed E-state index contributed by atoms with van der Waals surface area (Å²) >= 11 is -2.59. The van der Waals surface area contributed by atoms with Crippen LogP contribution in [0.5, 0.6) is 0 Å². The summed E-state index contributed by atoms with van der Waals surface area (Å²) in [4.78, 5) is 0. The van der Waals surface area contributed by atoms with Crippen LogP contribution in [0.15, 0.2) is 0 Å². The molecule has 0 saturated carbocycles. The summed E-state index contributed by atoms with van der Waals surface area (Å²) < 4.78 is 75.9. The molecule has 76 valence electrons. The van der Waals surface area contributed by atoms with E-state index in [-0.39, 0.29) is 0 Å². The van der Waals surface area contributed by atoms with Gasteiger partial charge in [-0.25, -0.2) is 0 Å². The van der Waals surface area contributed by atoms with Crippen LogP contribution < -0.4 is 0 Å². The number of hydrogen-bond acceptors (Lipinski definition) is 2. The zero-order valence-electron chi connectivity index (χ0n) is 6.21. The molecule has 2 nitrogen and oxygen atoms in total. The van der Waals surface area contributed by atoms with Gasteiger partial charge in [0.05, 0.1) is 0 Å². The minimum atomic E-state index is -4.51. The first-order chi connectivity index (χ1) is 5.71. The van der Waals surface area contributed by atoms with E-state index in [1.807, 2.05) is 0 Å². The minimum absolute atomic E-state index is 1.54. The fraction of sp³-hybridized carbons (Fsp3) is 1.00. The molecule has 0 unspecified atom stereocenters. The molecule has 0 atom stereocenters. The number of rotatable bonds is 4.